The summed E-state index contributed by atoms with van der Waals surface area (Å²) in [6, 6.07) is 5.82. The second kappa shape index (κ2) is 5.26. The minimum Gasteiger partial charge on any atom is -0.322 e. The van der Waals surface area contributed by atoms with E-state index >= 15 is 0 Å². The quantitative estimate of drug-likeness (QED) is 0.865. The molecule has 2 aliphatic rings. The largest absolute Gasteiger partial charge is 0.322 e. The lowest BCUT2D eigenvalue weighted by Crippen LogP contribution is -2.38. The Balaban J connectivity index is 1.79. The summed E-state index contributed by atoms with van der Waals surface area (Å²) in [5, 5.41) is 0. The fraction of sp³-hybridized carbons (Fsp3) is 0.529. The molecule has 2 fully saturated rings. The smallest absolute Gasteiger partial charge is 0.233 e. The third-order valence-corrected chi connectivity index (χ3v) is 4.90. The number of benzene rings is 1. The fourth-order valence-electron chi connectivity index (χ4n) is 3.69. The molecule has 3 rings (SSSR count). The van der Waals surface area contributed by atoms with Gasteiger partial charge < -0.3 is 5.73 Å². The molecule has 0 bridgehead atoms. The van der Waals surface area contributed by atoms with Crippen LogP contribution < -0.4 is 5.73 Å². The molecule has 1 aliphatic heterocycles. The van der Waals surface area contributed by atoms with Crippen LogP contribution in [0.25, 0.3) is 0 Å². The second-order valence-corrected chi connectivity index (χ2v) is 6.40. The molecule has 2 N–H and O–H groups in total. The van der Waals surface area contributed by atoms with E-state index in [0.29, 0.717) is 6.54 Å². The van der Waals surface area contributed by atoms with Crippen molar-refractivity contribution in [1.29, 1.82) is 0 Å². The summed E-state index contributed by atoms with van der Waals surface area (Å²) in [7, 11) is 0. The van der Waals surface area contributed by atoms with Crippen LogP contribution in [-0.2, 0) is 9.59 Å². The van der Waals surface area contributed by atoms with E-state index in [1.165, 1.54) is 4.90 Å². The highest BCUT2D eigenvalue weighted by Gasteiger charge is 2.49. The van der Waals surface area contributed by atoms with Crippen LogP contribution in [0.5, 0.6) is 0 Å². The fourth-order valence-corrected chi connectivity index (χ4v) is 3.69. The number of imide groups is 1. The summed E-state index contributed by atoms with van der Waals surface area (Å²) in [6.07, 6.45) is 2.69. The van der Waals surface area contributed by atoms with Gasteiger partial charge in [-0.05, 0) is 37.8 Å². The Hall–Kier alpha value is -1.68. The standard InChI is InChI=1S/C17H22N2O2/c1-10-6-7-11(2)14(8-10)15(18)9-19-16(20)12-4-3-5-13(12)17(19)21/h6-8,12-13,15H,3-5,9,18H2,1-2H3. The van der Waals surface area contributed by atoms with Crippen molar-refractivity contribution in [2.24, 2.45) is 17.6 Å². The van der Waals surface area contributed by atoms with Crippen LogP contribution in [0.15, 0.2) is 18.2 Å². The predicted molar refractivity (Wildman–Crippen MR) is 80.4 cm³/mol. The van der Waals surface area contributed by atoms with Crippen LogP contribution in [0.1, 0.15) is 42.0 Å². The number of likely N-dealkylation sites (tertiary alicyclic amines) is 1. The van der Waals surface area contributed by atoms with E-state index in [1.54, 1.807) is 0 Å². The Kier molecular flexibility index (Phi) is 3.57. The zero-order valence-corrected chi connectivity index (χ0v) is 12.6. The van der Waals surface area contributed by atoms with E-state index in [9.17, 15) is 9.59 Å². The first-order valence-electron chi connectivity index (χ1n) is 7.67. The maximum Gasteiger partial charge on any atom is 0.233 e. The van der Waals surface area contributed by atoms with Gasteiger partial charge in [0.05, 0.1) is 11.8 Å². The summed E-state index contributed by atoms with van der Waals surface area (Å²) >= 11 is 0. The SMILES string of the molecule is Cc1ccc(C)c(C(N)CN2C(=O)C3CCCC3C2=O)c1. The second-order valence-electron chi connectivity index (χ2n) is 6.40. The lowest BCUT2D eigenvalue weighted by molar-refractivity contribution is -0.140. The molecule has 0 aromatic heterocycles. The van der Waals surface area contributed by atoms with E-state index in [0.717, 1.165) is 36.0 Å². The molecule has 2 amide bonds. The number of carbonyl (C=O) groups is 2. The molecule has 1 saturated carbocycles. The van der Waals surface area contributed by atoms with Crippen molar-refractivity contribution < 1.29 is 9.59 Å². The van der Waals surface area contributed by atoms with Crippen molar-refractivity contribution in [3.63, 3.8) is 0 Å². The van der Waals surface area contributed by atoms with Crippen molar-refractivity contribution in [2.75, 3.05) is 6.54 Å². The van der Waals surface area contributed by atoms with Gasteiger partial charge >= 0.3 is 0 Å². The van der Waals surface area contributed by atoms with Crippen LogP contribution in [0.3, 0.4) is 0 Å². The Bertz CT molecular complexity index is 574. The van der Waals surface area contributed by atoms with Gasteiger partial charge in [-0.2, -0.15) is 0 Å². The number of rotatable bonds is 3. The van der Waals surface area contributed by atoms with Crippen molar-refractivity contribution in [2.45, 2.75) is 39.2 Å². The molecule has 112 valence electrons. The third kappa shape index (κ3) is 2.38. The summed E-state index contributed by atoms with van der Waals surface area (Å²) in [5.41, 5.74) is 9.54. The van der Waals surface area contributed by atoms with Gasteiger partial charge in [0.1, 0.15) is 0 Å². The number of carbonyl (C=O) groups excluding carboxylic acids is 2. The normalized spacial score (nSPS) is 26.3. The molecule has 4 nitrogen and oxygen atoms in total. The van der Waals surface area contributed by atoms with E-state index < -0.39 is 0 Å². The van der Waals surface area contributed by atoms with Crippen LogP contribution in [-0.4, -0.2) is 23.3 Å². The molecule has 3 unspecified atom stereocenters. The number of amides is 2. The third-order valence-electron chi connectivity index (χ3n) is 4.90. The first kappa shape index (κ1) is 14.3. The lowest BCUT2D eigenvalue weighted by atomic mass is 9.99. The minimum atomic E-state index is -0.309. The van der Waals surface area contributed by atoms with Crippen molar-refractivity contribution in [3.8, 4) is 0 Å². The molecule has 1 aliphatic carbocycles. The van der Waals surface area contributed by atoms with Gasteiger partial charge in [0.2, 0.25) is 11.8 Å². The molecule has 0 radical (unpaired) electrons. The Morgan fingerprint density at radius 1 is 1.19 bits per heavy atom. The highest BCUT2D eigenvalue weighted by Crippen LogP contribution is 2.40. The van der Waals surface area contributed by atoms with E-state index in [2.05, 4.69) is 0 Å². The van der Waals surface area contributed by atoms with Crippen molar-refractivity contribution in [3.05, 3.63) is 34.9 Å². The van der Waals surface area contributed by atoms with Gasteiger partial charge in [-0.1, -0.05) is 30.2 Å². The van der Waals surface area contributed by atoms with Crippen LogP contribution >= 0.6 is 0 Å². The molecule has 1 heterocycles. The molecule has 21 heavy (non-hydrogen) atoms. The monoisotopic (exact) mass is 286 g/mol. The molecular formula is C17H22N2O2. The Morgan fingerprint density at radius 2 is 1.81 bits per heavy atom. The van der Waals surface area contributed by atoms with Crippen LogP contribution in [0.2, 0.25) is 0 Å². The van der Waals surface area contributed by atoms with E-state index in [1.807, 2.05) is 32.0 Å². The van der Waals surface area contributed by atoms with Crippen molar-refractivity contribution >= 4 is 11.8 Å². The molecular weight excluding hydrogens is 264 g/mol. The topological polar surface area (TPSA) is 63.4 Å². The molecule has 1 saturated heterocycles. The summed E-state index contributed by atoms with van der Waals surface area (Å²) in [4.78, 5) is 26.1. The lowest BCUT2D eigenvalue weighted by Gasteiger charge is -2.22. The van der Waals surface area contributed by atoms with E-state index in [-0.39, 0.29) is 29.7 Å². The number of fused-ring (bicyclic) bond motifs is 1. The summed E-state index contributed by atoms with van der Waals surface area (Å²) in [5.74, 6) is -0.182. The van der Waals surface area contributed by atoms with Gasteiger partial charge in [-0.25, -0.2) is 0 Å². The molecule has 0 spiro atoms. The summed E-state index contributed by atoms with van der Waals surface area (Å²) in [6.45, 7) is 4.33. The zero-order valence-electron chi connectivity index (χ0n) is 12.6. The maximum absolute atomic E-state index is 12.4. The maximum atomic E-state index is 12.4. The van der Waals surface area contributed by atoms with Gasteiger partial charge in [-0.15, -0.1) is 0 Å². The number of nitrogens with two attached hydrogens (primary N) is 1. The molecule has 3 atom stereocenters. The molecule has 1 aromatic rings. The summed E-state index contributed by atoms with van der Waals surface area (Å²) < 4.78 is 0. The first-order chi connectivity index (χ1) is 9.99. The zero-order chi connectivity index (χ0) is 15.1. The number of aryl methyl sites for hydroxylation is 2. The highest BCUT2D eigenvalue weighted by molar-refractivity contribution is 6.05. The van der Waals surface area contributed by atoms with Gasteiger partial charge in [-0.3, -0.25) is 14.5 Å². The highest BCUT2D eigenvalue weighted by atomic mass is 16.2. The average Bonchev–Trinajstić information content (AvgIpc) is 3.01. The van der Waals surface area contributed by atoms with Crippen molar-refractivity contribution in [1.82, 2.24) is 4.90 Å². The number of nitrogens with zero attached hydrogens (tertiary/aromatic N) is 1. The van der Waals surface area contributed by atoms with Crippen LogP contribution in [0.4, 0.5) is 0 Å². The number of hydrogen-bond donors (Lipinski definition) is 1. The van der Waals surface area contributed by atoms with Crippen LogP contribution in [0, 0.1) is 25.7 Å². The predicted octanol–water partition coefficient (Wildman–Crippen LogP) is 2.09. The Labute approximate surface area is 125 Å². The first-order valence-corrected chi connectivity index (χ1v) is 7.67. The molecule has 1 aromatic carbocycles. The van der Waals surface area contributed by atoms with Gasteiger partial charge in [0.15, 0.2) is 0 Å². The van der Waals surface area contributed by atoms with Gasteiger partial charge in [0, 0.05) is 12.6 Å². The van der Waals surface area contributed by atoms with E-state index in [4.69, 9.17) is 5.73 Å². The van der Waals surface area contributed by atoms with Gasteiger partial charge in [0.25, 0.3) is 0 Å². The Morgan fingerprint density at radius 3 is 2.43 bits per heavy atom. The molecule has 4 heteroatoms. The minimum absolute atomic E-state index is 0.0109. The number of hydrogen-bond acceptors (Lipinski definition) is 3. The average molecular weight is 286 g/mol.